The molecule has 2 aromatic carbocycles. The van der Waals surface area contributed by atoms with Gasteiger partial charge in [-0.05, 0) is 48.4 Å². The minimum Gasteiger partial charge on any atom is -0.497 e. The van der Waals surface area contributed by atoms with Crippen molar-refractivity contribution in [2.45, 2.75) is 19.8 Å². The van der Waals surface area contributed by atoms with E-state index in [4.69, 9.17) is 4.74 Å². The molecule has 1 N–H and O–H groups in total. The summed E-state index contributed by atoms with van der Waals surface area (Å²) < 4.78 is 5.13. The molecule has 0 saturated carbocycles. The van der Waals surface area contributed by atoms with Crippen LogP contribution in [0.25, 0.3) is 0 Å². The molecule has 1 saturated heterocycles. The molecule has 0 aromatic heterocycles. The number of aryl methyl sites for hydroxylation is 1. The Kier molecular flexibility index (Phi) is 5.03. The van der Waals surface area contributed by atoms with E-state index in [9.17, 15) is 9.59 Å². The molecule has 1 aliphatic heterocycles. The molecule has 130 valence electrons. The zero-order valence-electron chi connectivity index (χ0n) is 14.5. The minimum absolute atomic E-state index is 0.0355. The van der Waals surface area contributed by atoms with Gasteiger partial charge in [-0.1, -0.05) is 19.1 Å². The predicted molar refractivity (Wildman–Crippen MR) is 97.9 cm³/mol. The molecular weight excluding hydrogens is 316 g/mol. The van der Waals surface area contributed by atoms with Gasteiger partial charge in [0, 0.05) is 24.3 Å². The Hall–Kier alpha value is -2.82. The summed E-state index contributed by atoms with van der Waals surface area (Å²) in [5.41, 5.74) is 2.77. The van der Waals surface area contributed by atoms with Crippen molar-refractivity contribution in [3.05, 3.63) is 54.1 Å². The summed E-state index contributed by atoms with van der Waals surface area (Å²) in [6.45, 7) is 2.48. The van der Waals surface area contributed by atoms with Crippen LogP contribution in [0.4, 0.5) is 11.4 Å². The van der Waals surface area contributed by atoms with E-state index < -0.39 is 0 Å². The fourth-order valence-corrected chi connectivity index (χ4v) is 2.96. The predicted octanol–water partition coefficient (Wildman–Crippen LogP) is 3.25. The summed E-state index contributed by atoms with van der Waals surface area (Å²) in [6, 6.07) is 15.1. The van der Waals surface area contributed by atoms with Crippen LogP contribution in [-0.4, -0.2) is 25.5 Å². The second-order valence-electron chi connectivity index (χ2n) is 6.14. The van der Waals surface area contributed by atoms with Crippen molar-refractivity contribution in [1.29, 1.82) is 0 Å². The van der Waals surface area contributed by atoms with Crippen LogP contribution in [0, 0.1) is 5.92 Å². The van der Waals surface area contributed by atoms with E-state index in [1.54, 1.807) is 12.0 Å². The highest BCUT2D eigenvalue weighted by Gasteiger charge is 2.35. The number of carbonyl (C=O) groups is 2. The van der Waals surface area contributed by atoms with Crippen molar-refractivity contribution in [2.24, 2.45) is 5.92 Å². The third-order valence-electron chi connectivity index (χ3n) is 4.51. The van der Waals surface area contributed by atoms with Crippen LogP contribution < -0.4 is 15.0 Å². The number of hydrogen-bond donors (Lipinski definition) is 1. The van der Waals surface area contributed by atoms with E-state index in [1.807, 2.05) is 48.5 Å². The summed E-state index contributed by atoms with van der Waals surface area (Å²) in [6.07, 6.45) is 1.19. The Bertz CT molecular complexity index is 754. The van der Waals surface area contributed by atoms with Crippen molar-refractivity contribution in [3.63, 3.8) is 0 Å². The molecule has 0 unspecified atom stereocenters. The van der Waals surface area contributed by atoms with Crippen molar-refractivity contribution in [3.8, 4) is 5.75 Å². The van der Waals surface area contributed by atoms with Crippen LogP contribution in [0.1, 0.15) is 18.9 Å². The lowest BCUT2D eigenvalue weighted by Crippen LogP contribution is -2.28. The van der Waals surface area contributed by atoms with Gasteiger partial charge in [0.25, 0.3) is 0 Å². The second kappa shape index (κ2) is 7.38. The summed E-state index contributed by atoms with van der Waals surface area (Å²) in [5.74, 6) is 0.237. The number of benzene rings is 2. The number of methoxy groups -OCH3 is 1. The average Bonchev–Trinajstić information content (AvgIpc) is 3.04. The second-order valence-corrected chi connectivity index (χ2v) is 6.14. The fraction of sp³-hybridized carbons (Fsp3) is 0.300. The average molecular weight is 338 g/mol. The van der Waals surface area contributed by atoms with Gasteiger partial charge < -0.3 is 15.0 Å². The molecule has 5 heteroatoms. The van der Waals surface area contributed by atoms with E-state index in [2.05, 4.69) is 12.2 Å². The smallest absolute Gasteiger partial charge is 0.229 e. The van der Waals surface area contributed by atoms with Crippen LogP contribution in [0.3, 0.4) is 0 Å². The lowest BCUT2D eigenvalue weighted by atomic mass is 10.1. The molecule has 0 aliphatic carbocycles. The summed E-state index contributed by atoms with van der Waals surface area (Å²) in [4.78, 5) is 26.4. The first kappa shape index (κ1) is 17.0. The van der Waals surface area contributed by atoms with E-state index >= 15 is 0 Å². The van der Waals surface area contributed by atoms with Crippen LogP contribution in [0.2, 0.25) is 0 Å². The first-order chi connectivity index (χ1) is 12.1. The maximum Gasteiger partial charge on any atom is 0.229 e. The van der Waals surface area contributed by atoms with Crippen LogP contribution in [0.5, 0.6) is 5.75 Å². The van der Waals surface area contributed by atoms with Crippen molar-refractivity contribution in [2.75, 3.05) is 23.9 Å². The number of hydrogen-bond acceptors (Lipinski definition) is 3. The molecule has 25 heavy (non-hydrogen) atoms. The molecule has 0 bridgehead atoms. The summed E-state index contributed by atoms with van der Waals surface area (Å²) in [5, 5.41) is 2.91. The van der Waals surface area contributed by atoms with Crippen molar-refractivity contribution < 1.29 is 14.3 Å². The number of nitrogens with one attached hydrogen (secondary N) is 1. The highest BCUT2D eigenvalue weighted by atomic mass is 16.5. The molecule has 1 aliphatic rings. The van der Waals surface area contributed by atoms with Gasteiger partial charge in [-0.3, -0.25) is 9.59 Å². The monoisotopic (exact) mass is 338 g/mol. The molecule has 1 heterocycles. The number of rotatable bonds is 5. The van der Waals surface area contributed by atoms with Gasteiger partial charge >= 0.3 is 0 Å². The largest absolute Gasteiger partial charge is 0.497 e. The van der Waals surface area contributed by atoms with Gasteiger partial charge in [0.2, 0.25) is 11.8 Å². The highest BCUT2D eigenvalue weighted by Crippen LogP contribution is 2.27. The standard InChI is InChI=1S/C20H22N2O3/c1-3-14-4-6-16(7-5-14)21-20(24)15-12-19(23)22(13-15)17-8-10-18(25-2)11-9-17/h4-11,15H,3,12-13H2,1-2H3,(H,21,24)/t15-/m0/s1. The van der Waals surface area contributed by atoms with E-state index in [0.717, 1.165) is 23.5 Å². The molecule has 1 fully saturated rings. The summed E-state index contributed by atoms with van der Waals surface area (Å²) >= 11 is 0. The molecule has 0 spiro atoms. The molecule has 2 aromatic rings. The zero-order chi connectivity index (χ0) is 17.8. The van der Waals surface area contributed by atoms with Gasteiger partial charge in [-0.15, -0.1) is 0 Å². The number of amides is 2. The van der Waals surface area contributed by atoms with E-state index in [-0.39, 0.29) is 24.2 Å². The number of nitrogens with zero attached hydrogens (tertiary/aromatic N) is 1. The highest BCUT2D eigenvalue weighted by molar-refractivity contribution is 6.03. The maximum atomic E-state index is 12.5. The van der Waals surface area contributed by atoms with Crippen molar-refractivity contribution in [1.82, 2.24) is 0 Å². The fourth-order valence-electron chi connectivity index (χ4n) is 2.96. The number of anilines is 2. The van der Waals surface area contributed by atoms with Crippen LogP contribution in [0.15, 0.2) is 48.5 Å². The lowest BCUT2D eigenvalue weighted by Gasteiger charge is -2.17. The molecular formula is C20H22N2O3. The zero-order valence-corrected chi connectivity index (χ0v) is 14.5. The third kappa shape index (κ3) is 3.82. The Labute approximate surface area is 147 Å². The topological polar surface area (TPSA) is 58.6 Å². The van der Waals surface area contributed by atoms with Crippen LogP contribution in [-0.2, 0) is 16.0 Å². The first-order valence-corrected chi connectivity index (χ1v) is 8.45. The van der Waals surface area contributed by atoms with Gasteiger partial charge in [0.05, 0.1) is 13.0 Å². The quantitative estimate of drug-likeness (QED) is 0.910. The lowest BCUT2D eigenvalue weighted by molar-refractivity contribution is -0.122. The number of carbonyl (C=O) groups excluding carboxylic acids is 2. The molecule has 3 rings (SSSR count). The van der Waals surface area contributed by atoms with E-state index in [0.29, 0.717) is 6.54 Å². The van der Waals surface area contributed by atoms with Gasteiger partial charge in [-0.2, -0.15) is 0 Å². The molecule has 0 radical (unpaired) electrons. The summed E-state index contributed by atoms with van der Waals surface area (Å²) in [7, 11) is 1.60. The minimum atomic E-state index is -0.347. The Morgan fingerprint density at radius 1 is 1.16 bits per heavy atom. The third-order valence-corrected chi connectivity index (χ3v) is 4.51. The number of ether oxygens (including phenoxy) is 1. The van der Waals surface area contributed by atoms with Crippen LogP contribution >= 0.6 is 0 Å². The molecule has 5 nitrogen and oxygen atoms in total. The normalized spacial score (nSPS) is 16.8. The van der Waals surface area contributed by atoms with E-state index in [1.165, 1.54) is 5.56 Å². The Balaban J connectivity index is 1.65. The van der Waals surface area contributed by atoms with Gasteiger partial charge in [-0.25, -0.2) is 0 Å². The molecule has 2 amide bonds. The maximum absolute atomic E-state index is 12.5. The Morgan fingerprint density at radius 2 is 1.84 bits per heavy atom. The molecule has 1 atom stereocenters. The van der Waals surface area contributed by atoms with Gasteiger partial charge in [0.1, 0.15) is 5.75 Å². The van der Waals surface area contributed by atoms with Gasteiger partial charge in [0.15, 0.2) is 0 Å². The Morgan fingerprint density at radius 3 is 2.44 bits per heavy atom. The SMILES string of the molecule is CCc1ccc(NC(=O)[C@H]2CC(=O)N(c3ccc(OC)cc3)C2)cc1. The van der Waals surface area contributed by atoms with Crippen molar-refractivity contribution >= 4 is 23.2 Å². The first-order valence-electron chi connectivity index (χ1n) is 8.45.